The van der Waals surface area contributed by atoms with Crippen molar-refractivity contribution in [3.05, 3.63) is 108 Å². The minimum absolute atomic E-state index is 0.0272. The van der Waals surface area contributed by atoms with Crippen molar-refractivity contribution in [1.82, 2.24) is 46.4 Å². The Morgan fingerprint density at radius 2 is 1.00 bits per heavy atom. The Morgan fingerprint density at radius 3 is 1.51 bits per heavy atom. The van der Waals surface area contributed by atoms with Gasteiger partial charge in [0.25, 0.3) is 0 Å². The maximum atomic E-state index is 14.4. The van der Waals surface area contributed by atoms with Gasteiger partial charge in [-0.1, -0.05) is 54.6 Å². The highest BCUT2D eigenvalue weighted by molar-refractivity contribution is 6.00. The molecule has 4 heterocycles. The molecule has 3 aromatic carbocycles. The van der Waals surface area contributed by atoms with Crippen molar-refractivity contribution in [2.24, 2.45) is 17.2 Å². The smallest absolute Gasteiger partial charge is 0.326 e. The molecule has 72 heavy (non-hydrogen) atoms. The summed E-state index contributed by atoms with van der Waals surface area (Å²) in [6, 6.07) is 11.2. The number of H-pyrrole nitrogens is 3. The van der Waals surface area contributed by atoms with E-state index in [9.17, 15) is 53.4 Å². The Bertz CT molecular complexity index is 3020. The zero-order valence-corrected chi connectivity index (χ0v) is 38.8. The number of hydrogen-bond donors (Lipinski definition) is 13. The summed E-state index contributed by atoms with van der Waals surface area (Å²) >= 11 is 0. The van der Waals surface area contributed by atoms with Crippen LogP contribution < -0.4 is 43.8 Å². The SMILES string of the molecule is NC(=O)C[C@H](NC(=O)[C@H](Cc1c[nH]c2ccccc12)NC(=O)[C@@H]1CCCN1C(=O)[C@H](CC(N)=O)NC(=O)[C@@H](N)Cc1c[nH]c2ccccc12)C(=O)N[C@@H](CO)C(=O)N[C@@H](Cc1c[nH]c2ccccc12)C(=O)O. The largest absolute Gasteiger partial charge is 0.480 e. The van der Waals surface area contributed by atoms with E-state index in [0.717, 1.165) is 27.4 Å². The van der Waals surface area contributed by atoms with Crippen LogP contribution in [0.25, 0.3) is 32.7 Å². The van der Waals surface area contributed by atoms with Crippen molar-refractivity contribution in [2.45, 2.75) is 87.2 Å². The average Bonchev–Trinajstić information content (AvgIpc) is 4.19. The number of aromatic nitrogens is 3. The summed E-state index contributed by atoms with van der Waals surface area (Å²) in [5, 5.41) is 34.7. The molecule has 8 amide bonds. The quantitative estimate of drug-likeness (QED) is 0.0358. The molecule has 1 saturated heterocycles. The summed E-state index contributed by atoms with van der Waals surface area (Å²) in [5.41, 5.74) is 21.4. The van der Waals surface area contributed by atoms with Gasteiger partial charge in [0.1, 0.15) is 36.3 Å². The fraction of sp³-hybridized carbons (Fsp3) is 0.327. The number of fused-ring (bicyclic) bond motifs is 3. The van der Waals surface area contributed by atoms with Crippen LogP contribution >= 0.6 is 0 Å². The molecule has 1 aliphatic rings. The number of carbonyl (C=O) groups is 9. The van der Waals surface area contributed by atoms with Crippen LogP contribution in [0, 0.1) is 0 Å². The first-order valence-corrected chi connectivity index (χ1v) is 23.1. The van der Waals surface area contributed by atoms with Gasteiger partial charge in [-0.2, -0.15) is 0 Å². The molecule has 7 rings (SSSR count). The summed E-state index contributed by atoms with van der Waals surface area (Å²) in [5.74, 6) is -8.98. The highest BCUT2D eigenvalue weighted by Gasteiger charge is 2.40. The first-order valence-electron chi connectivity index (χ1n) is 23.1. The predicted molar refractivity (Wildman–Crippen MR) is 261 cm³/mol. The van der Waals surface area contributed by atoms with Crippen LogP contribution in [0.1, 0.15) is 42.4 Å². The van der Waals surface area contributed by atoms with Gasteiger partial charge in [-0.25, -0.2) is 4.79 Å². The lowest BCUT2D eigenvalue weighted by atomic mass is 10.0. The molecule has 378 valence electrons. The molecular formula is C49H56N12O11. The summed E-state index contributed by atoms with van der Waals surface area (Å²) in [6.07, 6.45) is 3.65. The normalized spacial score (nSPS) is 16.0. The molecule has 7 atom stereocenters. The van der Waals surface area contributed by atoms with E-state index >= 15 is 0 Å². The monoisotopic (exact) mass is 988 g/mol. The number of carboxylic acids is 1. The van der Waals surface area contributed by atoms with Gasteiger partial charge in [0, 0.05) is 70.7 Å². The molecule has 3 aromatic heterocycles. The molecular weight excluding hydrogens is 933 g/mol. The zero-order chi connectivity index (χ0) is 51.6. The Balaban J connectivity index is 1.06. The molecule has 0 aliphatic carbocycles. The Kier molecular flexibility index (Phi) is 16.3. The number of hydrogen-bond acceptors (Lipinski definition) is 11. The van der Waals surface area contributed by atoms with Crippen LogP contribution in [-0.4, -0.2) is 139 Å². The highest BCUT2D eigenvalue weighted by Crippen LogP contribution is 2.24. The van der Waals surface area contributed by atoms with Crippen LogP contribution in [0.3, 0.4) is 0 Å². The lowest BCUT2D eigenvalue weighted by Gasteiger charge is -2.30. The topological polar surface area (TPSA) is 383 Å². The Labute approximate surface area is 410 Å². The number of carboxylic acid groups (broad SMARTS) is 1. The fourth-order valence-electron chi connectivity index (χ4n) is 8.95. The number of aliphatic carboxylic acids is 1. The summed E-state index contributed by atoms with van der Waals surface area (Å²) in [7, 11) is 0. The lowest BCUT2D eigenvalue weighted by Crippen LogP contribution is -2.60. The number of nitrogens with one attached hydrogen (secondary N) is 8. The number of rotatable bonds is 23. The highest BCUT2D eigenvalue weighted by atomic mass is 16.4. The van der Waals surface area contributed by atoms with Gasteiger partial charge in [-0.3, -0.25) is 38.4 Å². The number of nitrogens with two attached hydrogens (primary N) is 3. The van der Waals surface area contributed by atoms with Gasteiger partial charge in [-0.05, 0) is 54.2 Å². The van der Waals surface area contributed by atoms with E-state index in [-0.39, 0.29) is 32.2 Å². The molecule has 0 radical (unpaired) electrons. The number of amides is 8. The second-order valence-corrected chi connectivity index (χ2v) is 17.7. The van der Waals surface area contributed by atoms with Crippen LogP contribution in [0.4, 0.5) is 0 Å². The van der Waals surface area contributed by atoms with E-state index in [1.165, 1.54) is 4.90 Å². The van der Waals surface area contributed by atoms with Crippen LogP contribution in [0.2, 0.25) is 0 Å². The number of carbonyl (C=O) groups excluding carboxylic acids is 8. The molecule has 16 N–H and O–H groups in total. The maximum Gasteiger partial charge on any atom is 0.326 e. The molecule has 1 fully saturated rings. The molecule has 0 spiro atoms. The van der Waals surface area contributed by atoms with Crippen molar-refractivity contribution in [2.75, 3.05) is 13.2 Å². The number of primary amides is 2. The molecule has 0 saturated carbocycles. The zero-order valence-electron chi connectivity index (χ0n) is 38.8. The summed E-state index contributed by atoms with van der Waals surface area (Å²) in [6.45, 7) is -0.995. The number of nitrogens with zero attached hydrogens (tertiary/aromatic N) is 1. The molecule has 1 aliphatic heterocycles. The molecule has 0 unspecified atom stereocenters. The third-order valence-corrected chi connectivity index (χ3v) is 12.6. The summed E-state index contributed by atoms with van der Waals surface area (Å²) in [4.78, 5) is 131. The number of aromatic amines is 3. The summed E-state index contributed by atoms with van der Waals surface area (Å²) < 4.78 is 0. The Hall–Kier alpha value is -8.57. The Morgan fingerprint density at radius 1 is 0.569 bits per heavy atom. The van der Waals surface area contributed by atoms with E-state index in [0.29, 0.717) is 28.5 Å². The number of para-hydroxylation sites is 3. The minimum atomic E-state index is -1.79. The second kappa shape index (κ2) is 22.9. The molecule has 6 aromatic rings. The van der Waals surface area contributed by atoms with Gasteiger partial charge >= 0.3 is 5.97 Å². The average molecular weight is 989 g/mol. The van der Waals surface area contributed by atoms with Crippen molar-refractivity contribution in [3.8, 4) is 0 Å². The molecule has 0 bridgehead atoms. The van der Waals surface area contributed by atoms with Crippen LogP contribution in [-0.2, 0) is 62.4 Å². The van der Waals surface area contributed by atoms with Gasteiger partial charge < -0.3 is 73.8 Å². The van der Waals surface area contributed by atoms with E-state index < -0.39 is 115 Å². The van der Waals surface area contributed by atoms with Gasteiger partial charge in [0.05, 0.1) is 25.5 Å². The fourth-order valence-corrected chi connectivity index (χ4v) is 8.95. The van der Waals surface area contributed by atoms with Crippen molar-refractivity contribution < 1.29 is 53.4 Å². The second-order valence-electron chi connectivity index (χ2n) is 17.7. The van der Waals surface area contributed by atoms with Crippen LogP contribution in [0.5, 0.6) is 0 Å². The molecule has 23 heteroatoms. The number of aliphatic hydroxyl groups excluding tert-OH is 1. The lowest BCUT2D eigenvalue weighted by molar-refractivity contribution is -0.143. The standard InChI is InChI=1S/C49H56N12O11/c50-31(16-25-21-53-32-11-4-1-8-28(25)32)43(65)58-37(20-42(52)64)48(70)61-15-7-14-40(61)47(69)57-35(17-26-22-54-33-12-5-2-9-29(26)33)44(66)56-36(19-41(51)63)45(67)60-39(24-62)46(68)59-38(49(71)72)18-27-23-55-34-13-6-3-10-30(27)34/h1-6,8-13,21-23,31,35-40,53-55,62H,7,14-20,24,50H2,(H2,51,63)(H2,52,64)(H,56,66)(H,57,69)(H,58,65)(H,59,68)(H,60,67)(H,71,72)/t31-,35-,36-,37-,38-,39-,40-/m0/s1. The van der Waals surface area contributed by atoms with Crippen LogP contribution in [0.15, 0.2) is 91.4 Å². The van der Waals surface area contributed by atoms with Gasteiger partial charge in [0.2, 0.25) is 47.3 Å². The van der Waals surface area contributed by atoms with Gasteiger partial charge in [-0.15, -0.1) is 0 Å². The van der Waals surface area contributed by atoms with E-state index in [4.69, 9.17) is 17.2 Å². The van der Waals surface area contributed by atoms with Gasteiger partial charge in [0.15, 0.2) is 0 Å². The van der Waals surface area contributed by atoms with Crippen molar-refractivity contribution in [3.63, 3.8) is 0 Å². The number of benzene rings is 3. The van der Waals surface area contributed by atoms with Crippen molar-refractivity contribution in [1.29, 1.82) is 0 Å². The van der Waals surface area contributed by atoms with E-state index in [2.05, 4.69) is 41.5 Å². The molecule has 23 nitrogen and oxygen atoms in total. The van der Waals surface area contributed by atoms with E-state index in [1.54, 1.807) is 67.1 Å². The third-order valence-electron chi connectivity index (χ3n) is 12.6. The predicted octanol–water partition coefficient (Wildman–Crippen LogP) is -1.27. The first-order chi connectivity index (χ1) is 34.5. The maximum absolute atomic E-state index is 14.4. The minimum Gasteiger partial charge on any atom is -0.480 e. The first kappa shape index (κ1) is 51.3. The number of likely N-dealkylation sites (tertiary alicyclic amines) is 1. The third kappa shape index (κ3) is 12.2. The van der Waals surface area contributed by atoms with E-state index in [1.807, 2.05) is 24.3 Å². The number of aliphatic hydroxyl groups is 1. The van der Waals surface area contributed by atoms with Crippen molar-refractivity contribution >= 4 is 85.9 Å².